The number of nitrogens with zero attached hydrogens (tertiary/aromatic N) is 1. The maximum atomic E-state index is 13.0. The number of benzene rings is 1. The molecule has 1 atom stereocenters. The van der Waals surface area contributed by atoms with E-state index in [2.05, 4.69) is 16.0 Å². The quantitative estimate of drug-likeness (QED) is 0.543. The highest BCUT2D eigenvalue weighted by atomic mass is 16.6. The van der Waals surface area contributed by atoms with Gasteiger partial charge in [0, 0.05) is 43.3 Å². The largest absolute Gasteiger partial charge is 0.444 e. The standard InChI is InChI=1S/C24H34N4O5/c1-24(2,3)33-23(32)26-12-11-25-20(29)18-7-5-13-28(15-18)22(31)17-6-4-8-19(14-17)27-21(30)16-9-10-16/h4,6,8,14,16,18H,5,7,9-13,15H2,1-3H3,(H,25,29)(H,26,32)(H,27,30). The molecule has 3 N–H and O–H groups in total. The van der Waals surface area contributed by atoms with Crippen molar-refractivity contribution >= 4 is 29.5 Å². The molecule has 0 radical (unpaired) electrons. The second kappa shape index (κ2) is 10.7. The summed E-state index contributed by atoms with van der Waals surface area (Å²) in [5.74, 6) is -0.506. The van der Waals surface area contributed by atoms with Crippen LogP contribution in [0.3, 0.4) is 0 Å². The molecule has 1 aliphatic carbocycles. The van der Waals surface area contributed by atoms with E-state index >= 15 is 0 Å². The molecular formula is C24H34N4O5. The van der Waals surface area contributed by atoms with Gasteiger partial charge in [0.1, 0.15) is 5.60 Å². The number of ether oxygens (including phenoxy) is 1. The van der Waals surface area contributed by atoms with E-state index in [1.54, 1.807) is 49.9 Å². The predicted molar refractivity (Wildman–Crippen MR) is 124 cm³/mol. The highest BCUT2D eigenvalue weighted by Crippen LogP contribution is 2.30. The molecule has 1 saturated carbocycles. The Morgan fingerprint density at radius 2 is 1.73 bits per heavy atom. The van der Waals surface area contributed by atoms with Gasteiger partial charge in [0.15, 0.2) is 0 Å². The van der Waals surface area contributed by atoms with Crippen LogP contribution in [-0.2, 0) is 14.3 Å². The predicted octanol–water partition coefficient (Wildman–Crippen LogP) is 2.53. The summed E-state index contributed by atoms with van der Waals surface area (Å²) in [5.41, 5.74) is 0.529. The van der Waals surface area contributed by atoms with Gasteiger partial charge in [0.2, 0.25) is 11.8 Å². The van der Waals surface area contributed by atoms with Crippen LogP contribution in [0.5, 0.6) is 0 Å². The number of anilines is 1. The maximum absolute atomic E-state index is 13.0. The summed E-state index contributed by atoms with van der Waals surface area (Å²) >= 11 is 0. The fourth-order valence-corrected chi connectivity index (χ4v) is 3.69. The fourth-order valence-electron chi connectivity index (χ4n) is 3.69. The number of likely N-dealkylation sites (tertiary alicyclic amines) is 1. The lowest BCUT2D eigenvalue weighted by atomic mass is 9.96. The van der Waals surface area contributed by atoms with Crippen LogP contribution >= 0.6 is 0 Å². The van der Waals surface area contributed by atoms with Gasteiger partial charge in [-0.1, -0.05) is 6.07 Å². The number of hydrogen-bond acceptors (Lipinski definition) is 5. The van der Waals surface area contributed by atoms with Crippen LogP contribution in [0.15, 0.2) is 24.3 Å². The first-order valence-electron chi connectivity index (χ1n) is 11.6. The van der Waals surface area contributed by atoms with E-state index in [-0.39, 0.29) is 42.6 Å². The Labute approximate surface area is 194 Å². The van der Waals surface area contributed by atoms with Gasteiger partial charge in [-0.05, 0) is 64.7 Å². The van der Waals surface area contributed by atoms with Crippen LogP contribution in [0.1, 0.15) is 56.8 Å². The molecule has 1 heterocycles. The summed E-state index contributed by atoms with van der Waals surface area (Å²) in [7, 11) is 0. The van der Waals surface area contributed by atoms with E-state index in [0.29, 0.717) is 30.8 Å². The molecule has 1 unspecified atom stereocenters. The van der Waals surface area contributed by atoms with Crippen molar-refractivity contribution in [1.29, 1.82) is 0 Å². The van der Waals surface area contributed by atoms with Crippen LogP contribution in [-0.4, -0.2) is 60.5 Å². The molecule has 3 rings (SSSR count). The van der Waals surface area contributed by atoms with Gasteiger partial charge in [-0.25, -0.2) is 4.79 Å². The number of carbonyl (C=O) groups excluding carboxylic acids is 4. The number of rotatable bonds is 7. The molecule has 0 bridgehead atoms. The summed E-state index contributed by atoms with van der Waals surface area (Å²) in [6.45, 7) is 6.81. The lowest BCUT2D eigenvalue weighted by Crippen LogP contribution is -2.46. The van der Waals surface area contributed by atoms with Crippen molar-refractivity contribution in [1.82, 2.24) is 15.5 Å². The molecular weight excluding hydrogens is 424 g/mol. The third-order valence-corrected chi connectivity index (χ3v) is 5.50. The summed E-state index contributed by atoms with van der Waals surface area (Å²) in [4.78, 5) is 51.0. The van der Waals surface area contributed by atoms with Crippen molar-refractivity contribution in [2.75, 3.05) is 31.5 Å². The van der Waals surface area contributed by atoms with Crippen LogP contribution in [0, 0.1) is 11.8 Å². The number of carbonyl (C=O) groups is 4. The van der Waals surface area contributed by atoms with E-state index in [4.69, 9.17) is 4.74 Å². The Morgan fingerprint density at radius 3 is 2.42 bits per heavy atom. The number of nitrogens with one attached hydrogen (secondary N) is 3. The monoisotopic (exact) mass is 458 g/mol. The number of hydrogen-bond donors (Lipinski definition) is 3. The lowest BCUT2D eigenvalue weighted by molar-refractivity contribution is -0.126. The molecule has 1 aromatic carbocycles. The van der Waals surface area contributed by atoms with Crippen molar-refractivity contribution in [3.8, 4) is 0 Å². The molecule has 9 heteroatoms. The topological polar surface area (TPSA) is 117 Å². The minimum atomic E-state index is -0.576. The number of amides is 4. The third kappa shape index (κ3) is 7.76. The average Bonchev–Trinajstić information content (AvgIpc) is 3.61. The zero-order chi connectivity index (χ0) is 24.0. The van der Waals surface area contributed by atoms with Crippen molar-refractivity contribution in [2.24, 2.45) is 11.8 Å². The van der Waals surface area contributed by atoms with Crippen LogP contribution in [0.2, 0.25) is 0 Å². The second-order valence-corrected chi connectivity index (χ2v) is 9.65. The molecule has 9 nitrogen and oxygen atoms in total. The summed E-state index contributed by atoms with van der Waals surface area (Å²) in [6.07, 6.45) is 2.74. The Bertz CT molecular complexity index is 891. The van der Waals surface area contributed by atoms with E-state index < -0.39 is 11.7 Å². The third-order valence-electron chi connectivity index (χ3n) is 5.50. The zero-order valence-electron chi connectivity index (χ0n) is 19.6. The second-order valence-electron chi connectivity index (χ2n) is 9.65. The molecule has 1 aliphatic heterocycles. The minimum Gasteiger partial charge on any atom is -0.444 e. The molecule has 2 aliphatic rings. The maximum Gasteiger partial charge on any atom is 0.407 e. The highest BCUT2D eigenvalue weighted by molar-refractivity contribution is 5.98. The average molecular weight is 459 g/mol. The fraction of sp³-hybridized carbons (Fsp3) is 0.583. The minimum absolute atomic E-state index is 0.00420. The van der Waals surface area contributed by atoms with Crippen molar-refractivity contribution < 1.29 is 23.9 Å². The van der Waals surface area contributed by atoms with E-state index in [1.165, 1.54) is 0 Å². The number of alkyl carbamates (subject to hydrolysis) is 1. The van der Waals surface area contributed by atoms with Crippen molar-refractivity contribution in [3.05, 3.63) is 29.8 Å². The Balaban J connectivity index is 1.46. The normalized spacial score (nSPS) is 18.3. The van der Waals surface area contributed by atoms with Gasteiger partial charge in [0.25, 0.3) is 5.91 Å². The highest BCUT2D eigenvalue weighted by Gasteiger charge is 2.31. The van der Waals surface area contributed by atoms with Gasteiger partial charge in [0.05, 0.1) is 5.92 Å². The summed E-state index contributed by atoms with van der Waals surface area (Å²) < 4.78 is 5.16. The molecule has 33 heavy (non-hydrogen) atoms. The van der Waals surface area contributed by atoms with Crippen LogP contribution in [0.4, 0.5) is 10.5 Å². The molecule has 1 aromatic rings. The molecule has 0 aromatic heterocycles. The van der Waals surface area contributed by atoms with E-state index in [0.717, 1.165) is 19.3 Å². The van der Waals surface area contributed by atoms with Gasteiger partial charge in [-0.3, -0.25) is 14.4 Å². The van der Waals surface area contributed by atoms with Gasteiger partial charge in [-0.2, -0.15) is 0 Å². The smallest absolute Gasteiger partial charge is 0.407 e. The molecule has 2 fully saturated rings. The Hall–Kier alpha value is -3.10. The summed E-state index contributed by atoms with van der Waals surface area (Å²) in [6, 6.07) is 6.94. The Kier molecular flexibility index (Phi) is 7.94. The van der Waals surface area contributed by atoms with Gasteiger partial charge in [-0.15, -0.1) is 0 Å². The first kappa shape index (κ1) is 24.5. The van der Waals surface area contributed by atoms with E-state index in [9.17, 15) is 19.2 Å². The Morgan fingerprint density at radius 1 is 1.00 bits per heavy atom. The van der Waals surface area contributed by atoms with E-state index in [1.807, 2.05) is 0 Å². The molecule has 0 spiro atoms. The zero-order valence-corrected chi connectivity index (χ0v) is 19.6. The van der Waals surface area contributed by atoms with Crippen LogP contribution < -0.4 is 16.0 Å². The molecule has 4 amide bonds. The molecule has 180 valence electrons. The van der Waals surface area contributed by atoms with Gasteiger partial charge >= 0.3 is 6.09 Å². The van der Waals surface area contributed by atoms with Crippen LogP contribution in [0.25, 0.3) is 0 Å². The first-order valence-corrected chi connectivity index (χ1v) is 11.6. The lowest BCUT2D eigenvalue weighted by Gasteiger charge is -2.32. The molecule has 1 saturated heterocycles. The van der Waals surface area contributed by atoms with Crippen molar-refractivity contribution in [3.63, 3.8) is 0 Å². The first-order chi connectivity index (χ1) is 15.6. The summed E-state index contributed by atoms with van der Waals surface area (Å²) in [5, 5.41) is 8.29. The SMILES string of the molecule is CC(C)(C)OC(=O)NCCNC(=O)C1CCCN(C(=O)c2cccc(NC(=O)C3CC3)c2)C1. The van der Waals surface area contributed by atoms with Gasteiger partial charge < -0.3 is 25.6 Å². The number of piperidine rings is 1. The van der Waals surface area contributed by atoms with Crippen molar-refractivity contribution in [2.45, 2.75) is 52.1 Å².